The van der Waals surface area contributed by atoms with E-state index in [1.165, 1.54) is 0 Å². The molecule has 0 N–H and O–H groups in total. The maximum absolute atomic E-state index is 12.3. The summed E-state index contributed by atoms with van der Waals surface area (Å²) in [7, 11) is 0. The molecule has 0 aliphatic rings. The summed E-state index contributed by atoms with van der Waals surface area (Å²) in [6.07, 6.45) is 3.42. The predicted molar refractivity (Wildman–Crippen MR) is 78.6 cm³/mol. The minimum Gasteiger partial charge on any atom is -0.451 e. The minimum atomic E-state index is -0.704. The molecule has 20 heavy (non-hydrogen) atoms. The molecular formula is C17H19NO2. The molecule has 2 aromatic rings. The van der Waals surface area contributed by atoms with Crippen LogP contribution in [0.1, 0.15) is 40.9 Å². The number of aromatic nitrogens is 1. The van der Waals surface area contributed by atoms with Crippen molar-refractivity contribution in [3.8, 4) is 0 Å². The fourth-order valence-corrected chi connectivity index (χ4v) is 1.94. The Balaban J connectivity index is 2.20. The number of aryl methyl sites for hydroxylation is 2. The zero-order chi connectivity index (χ0) is 14.8. The molecule has 2 rings (SSSR count). The van der Waals surface area contributed by atoms with E-state index in [1.54, 1.807) is 18.5 Å². The van der Waals surface area contributed by atoms with Gasteiger partial charge in [0, 0.05) is 18.0 Å². The van der Waals surface area contributed by atoms with Gasteiger partial charge < -0.3 is 4.74 Å². The summed E-state index contributed by atoms with van der Waals surface area (Å²) < 4.78 is 5.63. The van der Waals surface area contributed by atoms with Crippen molar-refractivity contribution in [1.82, 2.24) is 4.98 Å². The van der Waals surface area contributed by atoms with Crippen LogP contribution in [-0.4, -0.2) is 11.0 Å². The average molecular weight is 269 g/mol. The molecule has 0 aliphatic heterocycles. The number of nitrogens with zero attached hydrogens (tertiary/aromatic N) is 1. The summed E-state index contributed by atoms with van der Waals surface area (Å²) in [4.78, 5) is 16.3. The summed E-state index contributed by atoms with van der Waals surface area (Å²) in [6, 6.07) is 9.32. The highest BCUT2D eigenvalue weighted by Crippen LogP contribution is 2.25. The number of pyridine rings is 1. The maximum atomic E-state index is 12.3. The Morgan fingerprint density at radius 3 is 2.50 bits per heavy atom. The molecule has 3 nitrogen and oxygen atoms in total. The Morgan fingerprint density at radius 1 is 1.15 bits per heavy atom. The third-order valence-electron chi connectivity index (χ3n) is 3.45. The van der Waals surface area contributed by atoms with Gasteiger partial charge in [0.2, 0.25) is 0 Å². The highest BCUT2D eigenvalue weighted by molar-refractivity contribution is 5.90. The first-order valence-corrected chi connectivity index (χ1v) is 6.61. The van der Waals surface area contributed by atoms with Crippen LogP contribution in [0.2, 0.25) is 0 Å². The van der Waals surface area contributed by atoms with Crippen LogP contribution in [-0.2, 0) is 10.3 Å². The fraction of sp³-hybridized carbons (Fsp3) is 0.294. The lowest BCUT2D eigenvalue weighted by atomic mass is 10.00. The summed E-state index contributed by atoms with van der Waals surface area (Å²) in [5, 5.41) is 0. The van der Waals surface area contributed by atoms with Gasteiger partial charge in [-0.1, -0.05) is 12.1 Å². The molecule has 1 aromatic heterocycles. The molecule has 0 unspecified atom stereocenters. The van der Waals surface area contributed by atoms with Crippen LogP contribution in [0, 0.1) is 13.8 Å². The van der Waals surface area contributed by atoms with Crippen LogP contribution in [0.4, 0.5) is 0 Å². The highest BCUT2D eigenvalue weighted by Gasteiger charge is 2.26. The SMILES string of the molecule is Cc1ccc(C(=O)OC(C)(C)c2cccnc2)cc1C. The van der Waals surface area contributed by atoms with Gasteiger partial charge in [-0.2, -0.15) is 0 Å². The van der Waals surface area contributed by atoms with Crippen molar-refractivity contribution in [3.05, 3.63) is 65.0 Å². The lowest BCUT2D eigenvalue weighted by Crippen LogP contribution is -2.25. The normalized spacial score (nSPS) is 11.2. The first-order chi connectivity index (χ1) is 9.40. The fourth-order valence-electron chi connectivity index (χ4n) is 1.94. The predicted octanol–water partition coefficient (Wildman–Crippen LogP) is 3.79. The van der Waals surface area contributed by atoms with Gasteiger partial charge in [0.05, 0.1) is 5.56 Å². The molecular weight excluding hydrogens is 250 g/mol. The number of hydrogen-bond donors (Lipinski definition) is 0. The van der Waals surface area contributed by atoms with Crippen LogP contribution in [0.3, 0.4) is 0 Å². The smallest absolute Gasteiger partial charge is 0.339 e. The monoisotopic (exact) mass is 269 g/mol. The molecule has 0 bridgehead atoms. The minimum absolute atomic E-state index is 0.318. The van der Waals surface area contributed by atoms with Crippen LogP contribution < -0.4 is 0 Å². The number of carbonyl (C=O) groups excluding carboxylic acids is 1. The Bertz CT molecular complexity index is 618. The number of ether oxygens (including phenoxy) is 1. The second-order valence-electron chi connectivity index (χ2n) is 5.44. The number of hydrogen-bond acceptors (Lipinski definition) is 3. The molecule has 0 atom stereocenters. The summed E-state index contributed by atoms with van der Waals surface area (Å²) >= 11 is 0. The Labute approximate surface area is 119 Å². The van der Waals surface area contributed by atoms with E-state index in [1.807, 2.05) is 52.0 Å². The van der Waals surface area contributed by atoms with Crippen molar-refractivity contribution in [1.29, 1.82) is 0 Å². The van der Waals surface area contributed by atoms with E-state index in [0.717, 1.165) is 16.7 Å². The van der Waals surface area contributed by atoms with Crippen molar-refractivity contribution in [2.75, 3.05) is 0 Å². The molecule has 0 amide bonds. The molecule has 0 saturated heterocycles. The van der Waals surface area contributed by atoms with Gasteiger partial charge >= 0.3 is 5.97 Å². The van der Waals surface area contributed by atoms with Crippen molar-refractivity contribution >= 4 is 5.97 Å². The molecule has 1 heterocycles. The summed E-state index contributed by atoms with van der Waals surface area (Å²) in [6.45, 7) is 7.73. The number of carbonyl (C=O) groups is 1. The summed E-state index contributed by atoms with van der Waals surface area (Å²) in [5.41, 5.74) is 2.98. The first kappa shape index (κ1) is 14.3. The second kappa shape index (κ2) is 5.45. The van der Waals surface area contributed by atoms with Crippen molar-refractivity contribution in [2.45, 2.75) is 33.3 Å². The van der Waals surface area contributed by atoms with Gasteiger partial charge in [-0.3, -0.25) is 4.98 Å². The van der Waals surface area contributed by atoms with Crippen LogP contribution in [0.15, 0.2) is 42.7 Å². The van der Waals surface area contributed by atoms with Gasteiger partial charge in [0.25, 0.3) is 0 Å². The van der Waals surface area contributed by atoms with Crippen LogP contribution in [0.5, 0.6) is 0 Å². The number of benzene rings is 1. The van der Waals surface area contributed by atoms with Crippen molar-refractivity contribution in [3.63, 3.8) is 0 Å². The largest absolute Gasteiger partial charge is 0.451 e. The topological polar surface area (TPSA) is 39.2 Å². The molecule has 104 valence electrons. The lowest BCUT2D eigenvalue weighted by Gasteiger charge is -2.25. The van der Waals surface area contributed by atoms with Gasteiger partial charge in [0.1, 0.15) is 5.60 Å². The average Bonchev–Trinajstić information content (AvgIpc) is 2.42. The number of esters is 1. The van der Waals surface area contributed by atoms with Crippen LogP contribution in [0.25, 0.3) is 0 Å². The molecule has 0 saturated carbocycles. The van der Waals surface area contributed by atoms with Crippen LogP contribution >= 0.6 is 0 Å². The Morgan fingerprint density at radius 2 is 1.90 bits per heavy atom. The molecule has 0 aliphatic carbocycles. The zero-order valence-electron chi connectivity index (χ0n) is 12.3. The standard InChI is InChI=1S/C17H19NO2/c1-12-7-8-14(10-13(12)2)16(19)20-17(3,4)15-6-5-9-18-11-15/h5-11H,1-4H3. The van der Waals surface area contributed by atoms with Gasteiger partial charge in [-0.15, -0.1) is 0 Å². The van der Waals surface area contributed by atoms with E-state index >= 15 is 0 Å². The molecule has 0 fully saturated rings. The van der Waals surface area contributed by atoms with Crippen molar-refractivity contribution in [2.24, 2.45) is 0 Å². The Kier molecular flexibility index (Phi) is 3.89. The molecule has 0 radical (unpaired) electrons. The lowest BCUT2D eigenvalue weighted by molar-refractivity contribution is -0.00326. The molecule has 0 spiro atoms. The van der Waals surface area contributed by atoms with E-state index in [4.69, 9.17) is 4.74 Å². The molecule has 3 heteroatoms. The molecule has 1 aromatic carbocycles. The Hall–Kier alpha value is -2.16. The van der Waals surface area contributed by atoms with E-state index < -0.39 is 5.60 Å². The van der Waals surface area contributed by atoms with Crippen molar-refractivity contribution < 1.29 is 9.53 Å². The summed E-state index contributed by atoms with van der Waals surface area (Å²) in [5.74, 6) is -0.318. The zero-order valence-corrected chi connectivity index (χ0v) is 12.3. The van der Waals surface area contributed by atoms with Gasteiger partial charge in [-0.05, 0) is 57.0 Å². The highest BCUT2D eigenvalue weighted by atomic mass is 16.6. The third-order valence-corrected chi connectivity index (χ3v) is 3.45. The third kappa shape index (κ3) is 3.05. The van der Waals surface area contributed by atoms with Gasteiger partial charge in [-0.25, -0.2) is 4.79 Å². The van der Waals surface area contributed by atoms with Gasteiger partial charge in [0.15, 0.2) is 0 Å². The van der Waals surface area contributed by atoms with E-state index in [9.17, 15) is 4.79 Å². The van der Waals surface area contributed by atoms with E-state index in [2.05, 4.69) is 4.98 Å². The quantitative estimate of drug-likeness (QED) is 0.796. The maximum Gasteiger partial charge on any atom is 0.339 e. The van der Waals surface area contributed by atoms with E-state index in [0.29, 0.717) is 5.56 Å². The first-order valence-electron chi connectivity index (χ1n) is 6.61. The van der Waals surface area contributed by atoms with E-state index in [-0.39, 0.29) is 5.97 Å². The second-order valence-corrected chi connectivity index (χ2v) is 5.44. The number of rotatable bonds is 3.